The van der Waals surface area contributed by atoms with E-state index in [0.29, 0.717) is 48.2 Å². The van der Waals surface area contributed by atoms with Crippen molar-refractivity contribution < 1.29 is 14.2 Å². The van der Waals surface area contributed by atoms with Gasteiger partial charge in [-0.05, 0) is 62.4 Å². The molecule has 11 heteroatoms. The highest BCUT2D eigenvalue weighted by Crippen LogP contribution is 2.28. The number of piperidine rings is 1. The number of piperazine rings is 1. The van der Waals surface area contributed by atoms with Crippen molar-refractivity contribution in [2.45, 2.75) is 31.7 Å². The van der Waals surface area contributed by atoms with E-state index in [0.717, 1.165) is 37.6 Å². The van der Waals surface area contributed by atoms with Crippen LogP contribution in [0.25, 0.3) is 11.4 Å². The number of rotatable bonds is 8. The van der Waals surface area contributed by atoms with Gasteiger partial charge in [0.1, 0.15) is 30.4 Å². The maximum atomic E-state index is 14.2. The Bertz CT molecular complexity index is 1290. The fourth-order valence-electron chi connectivity index (χ4n) is 4.89. The minimum Gasteiger partial charge on any atom is -0.486 e. The van der Waals surface area contributed by atoms with Crippen molar-refractivity contribution in [3.8, 4) is 23.2 Å². The SMILES string of the molecule is CC(O)CN1CCN(c2ccc(Nc3ncnc(-c4ccc(O[C@H]5CCNC[C@H]5F)c(C#N)c4)n3)cc2)CC1. The lowest BCUT2D eigenvalue weighted by Gasteiger charge is -2.36. The summed E-state index contributed by atoms with van der Waals surface area (Å²) < 4.78 is 20.0. The van der Waals surface area contributed by atoms with Gasteiger partial charge >= 0.3 is 0 Å². The van der Waals surface area contributed by atoms with Crippen LogP contribution < -0.4 is 20.3 Å². The van der Waals surface area contributed by atoms with Gasteiger partial charge in [0.15, 0.2) is 5.82 Å². The first-order valence-electron chi connectivity index (χ1n) is 13.3. The maximum absolute atomic E-state index is 14.2. The molecule has 39 heavy (non-hydrogen) atoms. The summed E-state index contributed by atoms with van der Waals surface area (Å²) in [5, 5.41) is 25.5. The second-order valence-corrected chi connectivity index (χ2v) is 9.93. The molecule has 2 aliphatic heterocycles. The lowest BCUT2D eigenvalue weighted by atomic mass is 10.1. The van der Waals surface area contributed by atoms with E-state index in [4.69, 9.17) is 4.74 Å². The number of alkyl halides is 1. The average molecular weight is 533 g/mol. The van der Waals surface area contributed by atoms with E-state index >= 15 is 0 Å². The quantitative estimate of drug-likeness (QED) is 0.399. The predicted molar refractivity (Wildman–Crippen MR) is 147 cm³/mol. The lowest BCUT2D eigenvalue weighted by Crippen LogP contribution is -2.48. The zero-order chi connectivity index (χ0) is 27.2. The number of nitrogens with one attached hydrogen (secondary N) is 2. The molecule has 0 bridgehead atoms. The normalized spacial score (nSPS) is 20.7. The van der Waals surface area contributed by atoms with Gasteiger partial charge in [0, 0.05) is 56.2 Å². The van der Waals surface area contributed by atoms with Crippen molar-refractivity contribution in [2.75, 3.05) is 56.0 Å². The number of nitrogens with zero attached hydrogens (tertiary/aromatic N) is 6. The van der Waals surface area contributed by atoms with E-state index in [1.807, 2.05) is 19.1 Å². The molecule has 1 unspecified atom stereocenters. The molecule has 0 amide bonds. The third-order valence-electron chi connectivity index (χ3n) is 6.94. The van der Waals surface area contributed by atoms with E-state index in [1.165, 1.54) is 6.33 Å². The molecular weight excluding hydrogens is 499 g/mol. The standard InChI is InChI=1S/C28H33FN8O2/c1-19(38)17-36-10-12-37(13-11-36)23-5-3-22(4-6-23)34-28-33-18-32-27(35-28)20-2-7-25(21(14-20)15-30)39-26-8-9-31-16-24(26)29/h2-7,14,18-19,24,26,31,38H,8-13,16-17H2,1H3,(H,32,33,34,35)/t19?,24-,26+/m1/s1. The average Bonchev–Trinajstić information content (AvgIpc) is 2.95. The Morgan fingerprint density at radius 1 is 1.18 bits per heavy atom. The highest BCUT2D eigenvalue weighted by atomic mass is 19.1. The number of hydrogen-bond donors (Lipinski definition) is 3. The number of benzene rings is 2. The zero-order valence-electron chi connectivity index (χ0n) is 21.9. The first kappa shape index (κ1) is 26.7. The van der Waals surface area contributed by atoms with Gasteiger partial charge in [0.05, 0.1) is 11.7 Å². The van der Waals surface area contributed by atoms with Crippen LogP contribution in [0, 0.1) is 11.3 Å². The highest BCUT2D eigenvalue weighted by Gasteiger charge is 2.27. The Balaban J connectivity index is 1.23. The number of aliphatic hydroxyl groups is 1. The highest BCUT2D eigenvalue weighted by molar-refractivity contribution is 5.64. The molecule has 0 radical (unpaired) electrons. The summed E-state index contributed by atoms with van der Waals surface area (Å²) in [4.78, 5) is 17.7. The van der Waals surface area contributed by atoms with Gasteiger partial charge in [-0.3, -0.25) is 4.90 Å². The van der Waals surface area contributed by atoms with Crippen LogP contribution in [0.1, 0.15) is 18.9 Å². The summed E-state index contributed by atoms with van der Waals surface area (Å²) in [6, 6.07) is 15.3. The van der Waals surface area contributed by atoms with Crippen LogP contribution in [0.5, 0.6) is 5.75 Å². The third kappa shape index (κ3) is 6.78. The molecule has 0 spiro atoms. The van der Waals surface area contributed by atoms with Crippen LogP contribution in [0.3, 0.4) is 0 Å². The lowest BCUT2D eigenvalue weighted by molar-refractivity contribution is 0.0729. The molecule has 10 nitrogen and oxygen atoms in total. The van der Waals surface area contributed by atoms with Crippen molar-refractivity contribution >= 4 is 17.3 Å². The van der Waals surface area contributed by atoms with Crippen LogP contribution in [-0.4, -0.2) is 89.2 Å². The van der Waals surface area contributed by atoms with Gasteiger partial charge in [-0.1, -0.05) is 0 Å². The van der Waals surface area contributed by atoms with Crippen LogP contribution >= 0.6 is 0 Å². The van der Waals surface area contributed by atoms with Crippen LogP contribution in [0.15, 0.2) is 48.8 Å². The summed E-state index contributed by atoms with van der Waals surface area (Å²) >= 11 is 0. The molecule has 2 aromatic carbocycles. The van der Waals surface area contributed by atoms with Crippen molar-refractivity contribution in [3.05, 3.63) is 54.4 Å². The summed E-state index contributed by atoms with van der Waals surface area (Å²) in [5.41, 5.74) is 2.92. The second-order valence-electron chi connectivity index (χ2n) is 9.93. The summed E-state index contributed by atoms with van der Waals surface area (Å²) in [6.45, 7) is 7.13. The van der Waals surface area contributed by atoms with E-state index in [-0.39, 0.29) is 12.6 Å². The van der Waals surface area contributed by atoms with E-state index in [2.05, 4.69) is 53.6 Å². The largest absolute Gasteiger partial charge is 0.486 e. The molecule has 204 valence electrons. The molecule has 1 aromatic heterocycles. The van der Waals surface area contributed by atoms with Crippen LogP contribution in [0.2, 0.25) is 0 Å². The molecule has 3 N–H and O–H groups in total. The van der Waals surface area contributed by atoms with Gasteiger partial charge in [-0.25, -0.2) is 14.4 Å². The fourth-order valence-corrected chi connectivity index (χ4v) is 4.89. The van der Waals surface area contributed by atoms with Gasteiger partial charge in [0.25, 0.3) is 0 Å². The Morgan fingerprint density at radius 3 is 2.69 bits per heavy atom. The van der Waals surface area contributed by atoms with Crippen molar-refractivity contribution in [3.63, 3.8) is 0 Å². The smallest absolute Gasteiger partial charge is 0.230 e. The number of β-amino-alcohol motifs (C(OH)–C–C–N with tert-alkyl or cyclic N) is 1. The summed E-state index contributed by atoms with van der Waals surface area (Å²) in [7, 11) is 0. The van der Waals surface area contributed by atoms with Gasteiger partial charge in [-0.2, -0.15) is 10.2 Å². The van der Waals surface area contributed by atoms with E-state index in [1.54, 1.807) is 18.2 Å². The first-order chi connectivity index (χ1) is 19.0. The Kier molecular flexibility index (Phi) is 8.46. The maximum Gasteiger partial charge on any atom is 0.230 e. The monoisotopic (exact) mass is 532 g/mol. The predicted octanol–water partition coefficient (Wildman–Crippen LogP) is 2.74. The van der Waals surface area contributed by atoms with Gasteiger partial charge in [0.2, 0.25) is 5.95 Å². The first-order valence-corrected chi connectivity index (χ1v) is 13.3. The topological polar surface area (TPSA) is 122 Å². The van der Waals surface area contributed by atoms with Crippen LogP contribution in [0.4, 0.5) is 21.7 Å². The number of hydrogen-bond acceptors (Lipinski definition) is 10. The number of ether oxygens (including phenoxy) is 1. The Morgan fingerprint density at radius 2 is 1.97 bits per heavy atom. The number of aromatic nitrogens is 3. The molecule has 2 aliphatic rings. The molecule has 3 atom stereocenters. The molecule has 0 saturated carbocycles. The van der Waals surface area contributed by atoms with E-state index < -0.39 is 12.3 Å². The third-order valence-corrected chi connectivity index (χ3v) is 6.94. The number of aliphatic hydroxyl groups excluding tert-OH is 1. The number of nitriles is 1. The van der Waals surface area contributed by atoms with Crippen molar-refractivity contribution in [2.24, 2.45) is 0 Å². The summed E-state index contributed by atoms with van der Waals surface area (Å²) in [5.74, 6) is 1.15. The second kappa shape index (κ2) is 12.3. The molecular formula is C28H33FN8O2. The minimum atomic E-state index is -1.12. The summed E-state index contributed by atoms with van der Waals surface area (Å²) in [6.07, 6.45) is -0.0530. The number of halogens is 1. The Hall–Kier alpha value is -3.85. The molecule has 3 aromatic rings. The fraction of sp³-hybridized carbons (Fsp3) is 0.429. The van der Waals surface area contributed by atoms with Gasteiger partial charge < -0.3 is 25.4 Å². The molecule has 3 heterocycles. The Labute approximate surface area is 227 Å². The number of anilines is 3. The molecule has 2 fully saturated rings. The van der Waals surface area contributed by atoms with Crippen LogP contribution in [-0.2, 0) is 0 Å². The minimum absolute atomic E-state index is 0.246. The molecule has 2 saturated heterocycles. The molecule has 5 rings (SSSR count). The van der Waals surface area contributed by atoms with Gasteiger partial charge in [-0.15, -0.1) is 0 Å². The van der Waals surface area contributed by atoms with Crippen molar-refractivity contribution in [1.29, 1.82) is 5.26 Å². The van der Waals surface area contributed by atoms with Crippen molar-refractivity contribution in [1.82, 2.24) is 25.2 Å². The van der Waals surface area contributed by atoms with E-state index in [9.17, 15) is 14.8 Å². The molecule has 0 aliphatic carbocycles. The zero-order valence-corrected chi connectivity index (χ0v) is 21.9.